The van der Waals surface area contributed by atoms with E-state index >= 15 is 0 Å². The highest BCUT2D eigenvalue weighted by atomic mass is 32.2. The van der Waals surface area contributed by atoms with E-state index in [1.54, 1.807) is 20.4 Å². The van der Waals surface area contributed by atoms with Crippen molar-refractivity contribution in [3.8, 4) is 11.3 Å². The minimum Gasteiger partial charge on any atom is -0.469 e. The van der Waals surface area contributed by atoms with Crippen LogP contribution in [0.25, 0.3) is 16.9 Å². The number of fused-ring (bicyclic) bond motifs is 1. The summed E-state index contributed by atoms with van der Waals surface area (Å²) in [6.07, 6.45) is 1.66. The molecule has 3 aromatic heterocycles. The molecule has 10 heteroatoms. The van der Waals surface area contributed by atoms with Crippen LogP contribution >= 0.6 is 0 Å². The highest BCUT2D eigenvalue weighted by molar-refractivity contribution is 7.86. The number of nitrogens with zero attached hydrogens (tertiary/aromatic N) is 6. The van der Waals surface area contributed by atoms with Crippen LogP contribution in [0.1, 0.15) is 17.0 Å². The first-order chi connectivity index (χ1) is 13.7. The normalized spacial score (nSPS) is 16.3. The molecule has 1 saturated heterocycles. The molecule has 1 fully saturated rings. The van der Waals surface area contributed by atoms with Crippen molar-refractivity contribution >= 4 is 21.7 Å². The lowest BCUT2D eigenvalue weighted by Gasteiger charge is -2.37. The zero-order chi connectivity index (χ0) is 20.9. The second-order valence-electron chi connectivity index (χ2n) is 7.51. The highest BCUT2D eigenvalue weighted by Gasteiger charge is 2.30. The maximum absolute atomic E-state index is 12.4. The van der Waals surface area contributed by atoms with Gasteiger partial charge in [0.15, 0.2) is 5.65 Å². The minimum atomic E-state index is -3.40. The molecule has 1 aliphatic heterocycles. The van der Waals surface area contributed by atoms with E-state index in [0.29, 0.717) is 26.2 Å². The Labute approximate surface area is 170 Å². The third kappa shape index (κ3) is 3.30. The summed E-state index contributed by atoms with van der Waals surface area (Å²) in [6.45, 7) is 7.97. The SMILES string of the molecule is Cc1nc2cc(-c3ccoc3C)nn2c(N2CCN(S(=O)(=O)N(C)C)CC2)c1C. The number of hydrogen-bond donors (Lipinski definition) is 0. The second-order valence-corrected chi connectivity index (χ2v) is 9.65. The fourth-order valence-corrected chi connectivity index (χ4v) is 4.78. The fourth-order valence-electron chi connectivity index (χ4n) is 3.70. The van der Waals surface area contributed by atoms with Gasteiger partial charge in [0.2, 0.25) is 0 Å². The Hall–Kier alpha value is -2.43. The van der Waals surface area contributed by atoms with Crippen molar-refractivity contribution in [3.63, 3.8) is 0 Å². The molecule has 0 radical (unpaired) electrons. The van der Waals surface area contributed by atoms with Crippen LogP contribution in [0.3, 0.4) is 0 Å². The van der Waals surface area contributed by atoms with Crippen LogP contribution in [0.2, 0.25) is 0 Å². The minimum absolute atomic E-state index is 0.428. The van der Waals surface area contributed by atoms with Crippen molar-refractivity contribution in [2.24, 2.45) is 0 Å². The van der Waals surface area contributed by atoms with Gasteiger partial charge < -0.3 is 9.32 Å². The Morgan fingerprint density at radius 2 is 1.79 bits per heavy atom. The zero-order valence-corrected chi connectivity index (χ0v) is 18.2. The topological polar surface area (TPSA) is 87.2 Å². The maximum Gasteiger partial charge on any atom is 0.281 e. The summed E-state index contributed by atoms with van der Waals surface area (Å²) in [4.78, 5) is 6.89. The predicted molar refractivity (Wildman–Crippen MR) is 111 cm³/mol. The summed E-state index contributed by atoms with van der Waals surface area (Å²) in [5.41, 5.74) is 4.50. The molecule has 0 bridgehead atoms. The molecule has 0 aliphatic carbocycles. The molecule has 0 unspecified atom stereocenters. The van der Waals surface area contributed by atoms with Gasteiger partial charge in [0.1, 0.15) is 11.6 Å². The van der Waals surface area contributed by atoms with Crippen LogP contribution in [0.4, 0.5) is 5.82 Å². The van der Waals surface area contributed by atoms with Gasteiger partial charge in [0, 0.05) is 63.2 Å². The second kappa shape index (κ2) is 7.12. The van der Waals surface area contributed by atoms with Gasteiger partial charge in [0.05, 0.1) is 12.0 Å². The average Bonchev–Trinajstić information content (AvgIpc) is 3.28. The van der Waals surface area contributed by atoms with Gasteiger partial charge in [0.25, 0.3) is 10.2 Å². The van der Waals surface area contributed by atoms with E-state index in [9.17, 15) is 8.42 Å². The van der Waals surface area contributed by atoms with Gasteiger partial charge in [-0.2, -0.15) is 26.6 Å². The Bertz CT molecular complexity index is 1160. The predicted octanol–water partition coefficient (Wildman–Crippen LogP) is 1.84. The summed E-state index contributed by atoms with van der Waals surface area (Å²) in [6, 6.07) is 3.86. The van der Waals surface area contributed by atoms with E-state index in [-0.39, 0.29) is 0 Å². The van der Waals surface area contributed by atoms with Crippen molar-refractivity contribution < 1.29 is 12.8 Å². The smallest absolute Gasteiger partial charge is 0.281 e. The van der Waals surface area contributed by atoms with E-state index in [2.05, 4.69) is 4.90 Å². The number of rotatable bonds is 4. The number of hydrogen-bond acceptors (Lipinski definition) is 6. The third-order valence-electron chi connectivity index (χ3n) is 5.51. The van der Waals surface area contributed by atoms with Gasteiger partial charge >= 0.3 is 0 Å². The van der Waals surface area contributed by atoms with Gasteiger partial charge in [-0.1, -0.05) is 0 Å². The molecule has 0 saturated carbocycles. The summed E-state index contributed by atoms with van der Waals surface area (Å²) in [5, 5.41) is 4.80. The van der Waals surface area contributed by atoms with E-state index in [0.717, 1.165) is 39.7 Å². The van der Waals surface area contributed by atoms with Crippen molar-refractivity contribution in [1.82, 2.24) is 23.2 Å². The monoisotopic (exact) mass is 418 g/mol. The molecule has 9 nitrogen and oxygen atoms in total. The molecule has 0 N–H and O–H groups in total. The van der Waals surface area contributed by atoms with Crippen LogP contribution in [0, 0.1) is 20.8 Å². The Kier molecular flexibility index (Phi) is 4.88. The molecule has 0 amide bonds. The zero-order valence-electron chi connectivity index (χ0n) is 17.4. The number of anilines is 1. The lowest BCUT2D eigenvalue weighted by molar-refractivity contribution is 0.354. The number of aromatic nitrogens is 3. The van der Waals surface area contributed by atoms with Crippen molar-refractivity contribution in [3.05, 3.63) is 35.4 Å². The molecular weight excluding hydrogens is 392 g/mol. The lowest BCUT2D eigenvalue weighted by atomic mass is 10.2. The first kappa shape index (κ1) is 19.9. The standard InChI is InChI=1S/C19H26N6O3S/c1-13-14(2)20-18-12-17(16-6-11-28-15(16)3)21-25(18)19(13)23-7-9-24(10-8-23)29(26,27)22(4)5/h6,11-12H,7-10H2,1-5H3. The van der Waals surface area contributed by atoms with Crippen LogP contribution in [0.15, 0.2) is 22.8 Å². The summed E-state index contributed by atoms with van der Waals surface area (Å²) in [7, 11) is -0.281. The van der Waals surface area contributed by atoms with Crippen molar-refractivity contribution in [2.45, 2.75) is 20.8 Å². The quantitative estimate of drug-likeness (QED) is 0.643. The Morgan fingerprint density at radius 3 is 2.38 bits per heavy atom. The first-order valence-corrected chi connectivity index (χ1v) is 10.9. The van der Waals surface area contributed by atoms with Gasteiger partial charge in [-0.05, 0) is 26.8 Å². The summed E-state index contributed by atoms with van der Waals surface area (Å²) >= 11 is 0. The van der Waals surface area contributed by atoms with Gasteiger partial charge in [-0.25, -0.2) is 4.98 Å². The molecule has 0 aromatic carbocycles. The van der Waals surface area contributed by atoms with E-state index in [1.807, 2.05) is 37.4 Å². The third-order valence-corrected chi connectivity index (χ3v) is 7.45. The number of furan rings is 1. The largest absolute Gasteiger partial charge is 0.469 e. The molecule has 4 rings (SSSR count). The molecular formula is C19H26N6O3S. The lowest BCUT2D eigenvalue weighted by Crippen LogP contribution is -2.52. The maximum atomic E-state index is 12.4. The first-order valence-electron chi connectivity index (χ1n) is 9.54. The van der Waals surface area contributed by atoms with Gasteiger partial charge in [-0.3, -0.25) is 0 Å². The van der Waals surface area contributed by atoms with E-state index in [4.69, 9.17) is 14.5 Å². The van der Waals surface area contributed by atoms with Gasteiger partial charge in [-0.15, -0.1) is 0 Å². The Morgan fingerprint density at radius 1 is 1.10 bits per heavy atom. The van der Waals surface area contributed by atoms with E-state index in [1.165, 1.54) is 8.61 Å². The van der Waals surface area contributed by atoms with Crippen LogP contribution in [0.5, 0.6) is 0 Å². The van der Waals surface area contributed by atoms with E-state index < -0.39 is 10.2 Å². The van der Waals surface area contributed by atoms with Crippen LogP contribution in [-0.2, 0) is 10.2 Å². The number of piperazine rings is 1. The molecule has 1 aliphatic rings. The van der Waals surface area contributed by atoms with Crippen molar-refractivity contribution in [1.29, 1.82) is 0 Å². The average molecular weight is 419 g/mol. The molecule has 156 valence electrons. The summed E-state index contributed by atoms with van der Waals surface area (Å²) in [5.74, 6) is 1.77. The Balaban J connectivity index is 1.72. The molecule has 29 heavy (non-hydrogen) atoms. The number of aryl methyl sites for hydroxylation is 2. The molecule has 0 atom stereocenters. The van der Waals surface area contributed by atoms with Crippen LogP contribution < -0.4 is 4.90 Å². The molecule has 0 spiro atoms. The van der Waals surface area contributed by atoms with Crippen LogP contribution in [-0.4, -0.2) is 71.9 Å². The molecule has 3 aromatic rings. The molecule has 4 heterocycles. The fraction of sp³-hybridized carbons (Fsp3) is 0.474. The summed E-state index contributed by atoms with van der Waals surface area (Å²) < 4.78 is 34.9. The highest BCUT2D eigenvalue weighted by Crippen LogP contribution is 2.29. The van der Waals surface area contributed by atoms with Crippen molar-refractivity contribution in [2.75, 3.05) is 45.2 Å².